The maximum atomic E-state index is 12.1. The van der Waals surface area contributed by atoms with Crippen molar-refractivity contribution in [2.45, 2.75) is 6.54 Å². The lowest BCUT2D eigenvalue weighted by Crippen LogP contribution is -2.31. The van der Waals surface area contributed by atoms with E-state index in [9.17, 15) is 9.59 Å². The number of rotatable bonds is 4. The third-order valence-corrected chi connectivity index (χ3v) is 4.19. The second-order valence-electron chi connectivity index (χ2n) is 4.91. The van der Waals surface area contributed by atoms with Crippen molar-refractivity contribution < 1.29 is 4.79 Å². The van der Waals surface area contributed by atoms with Gasteiger partial charge < -0.3 is 5.32 Å². The second kappa shape index (κ2) is 5.36. The Morgan fingerprint density at radius 3 is 3.04 bits per heavy atom. The predicted octanol–water partition coefficient (Wildman–Crippen LogP) is 0.635. The molecule has 0 spiro atoms. The fraction of sp³-hybridized carbons (Fsp3) is 0.143. The number of carbonyl (C=O) groups is 1. The van der Waals surface area contributed by atoms with E-state index in [2.05, 4.69) is 15.4 Å². The molecule has 0 atom stereocenters. The quantitative estimate of drug-likeness (QED) is 0.595. The normalized spacial score (nSPS) is 11.3. The van der Waals surface area contributed by atoms with E-state index in [-0.39, 0.29) is 11.6 Å². The van der Waals surface area contributed by atoms with Crippen molar-refractivity contribution >= 4 is 27.9 Å². The lowest BCUT2D eigenvalue weighted by Gasteiger charge is -2.02. The van der Waals surface area contributed by atoms with Crippen molar-refractivity contribution in [1.29, 1.82) is 0 Å². The lowest BCUT2D eigenvalue weighted by atomic mass is 10.4. The van der Waals surface area contributed by atoms with Crippen molar-refractivity contribution in [2.24, 2.45) is 0 Å². The van der Waals surface area contributed by atoms with E-state index in [1.807, 2.05) is 17.6 Å². The van der Waals surface area contributed by atoms with Crippen LogP contribution in [0.3, 0.4) is 0 Å². The van der Waals surface area contributed by atoms with E-state index in [1.165, 1.54) is 20.4 Å². The third-order valence-electron chi connectivity index (χ3n) is 3.42. The second-order valence-corrected chi connectivity index (χ2v) is 5.78. The molecule has 0 aliphatic heterocycles. The smallest absolute Gasteiger partial charge is 0.349 e. The average molecular weight is 328 g/mol. The Morgan fingerprint density at radius 1 is 1.30 bits per heavy atom. The van der Waals surface area contributed by atoms with E-state index in [0.29, 0.717) is 24.4 Å². The van der Waals surface area contributed by atoms with Crippen molar-refractivity contribution in [3.05, 3.63) is 58.3 Å². The molecule has 1 amide bonds. The summed E-state index contributed by atoms with van der Waals surface area (Å²) in [5.41, 5.74) is 0.717. The molecule has 8 nitrogen and oxygen atoms in total. The van der Waals surface area contributed by atoms with Crippen molar-refractivity contribution in [1.82, 2.24) is 28.9 Å². The molecule has 0 fully saturated rings. The lowest BCUT2D eigenvalue weighted by molar-refractivity contribution is 0.0947. The fourth-order valence-corrected chi connectivity index (χ4v) is 3.02. The van der Waals surface area contributed by atoms with Gasteiger partial charge in [-0.05, 0) is 12.1 Å². The highest BCUT2D eigenvalue weighted by Gasteiger charge is 2.11. The van der Waals surface area contributed by atoms with Crippen LogP contribution in [-0.4, -0.2) is 36.0 Å². The molecule has 0 aliphatic carbocycles. The highest BCUT2D eigenvalue weighted by molar-refractivity contribution is 7.15. The molecule has 0 aliphatic rings. The molecule has 0 saturated heterocycles. The minimum atomic E-state index is -0.266. The van der Waals surface area contributed by atoms with Gasteiger partial charge in [0.1, 0.15) is 5.69 Å². The van der Waals surface area contributed by atoms with Crippen LogP contribution in [0.15, 0.2) is 47.0 Å². The number of nitrogens with zero attached hydrogens (tertiary/aromatic N) is 5. The zero-order chi connectivity index (χ0) is 15.8. The number of pyridine rings is 1. The molecular formula is C14H12N6O2S. The highest BCUT2D eigenvalue weighted by Crippen LogP contribution is 2.11. The summed E-state index contributed by atoms with van der Waals surface area (Å²) < 4.78 is 4.60. The first-order valence-corrected chi connectivity index (χ1v) is 7.85. The van der Waals surface area contributed by atoms with Crippen molar-refractivity contribution in [3.8, 4) is 0 Å². The molecule has 23 heavy (non-hydrogen) atoms. The Morgan fingerprint density at radius 2 is 2.22 bits per heavy atom. The van der Waals surface area contributed by atoms with Gasteiger partial charge in [0.05, 0.1) is 6.54 Å². The monoisotopic (exact) mass is 328 g/mol. The Hall–Kier alpha value is -2.94. The highest BCUT2D eigenvalue weighted by atomic mass is 32.1. The van der Waals surface area contributed by atoms with Crippen LogP contribution in [-0.2, 0) is 6.54 Å². The van der Waals surface area contributed by atoms with Crippen LogP contribution in [0.1, 0.15) is 10.5 Å². The number of carbonyl (C=O) groups excluding carboxylic acids is 1. The first-order chi connectivity index (χ1) is 11.2. The van der Waals surface area contributed by atoms with Gasteiger partial charge >= 0.3 is 5.69 Å². The molecule has 4 rings (SSSR count). The van der Waals surface area contributed by atoms with E-state index < -0.39 is 0 Å². The number of nitrogens with one attached hydrogen (secondary N) is 1. The van der Waals surface area contributed by atoms with Crippen LogP contribution in [0.25, 0.3) is 10.6 Å². The summed E-state index contributed by atoms with van der Waals surface area (Å²) in [7, 11) is 0. The maximum absolute atomic E-state index is 12.1. The van der Waals surface area contributed by atoms with Gasteiger partial charge in [-0.2, -0.15) is 0 Å². The number of hydrogen-bond donors (Lipinski definition) is 1. The van der Waals surface area contributed by atoms with Gasteiger partial charge in [0, 0.05) is 30.5 Å². The summed E-state index contributed by atoms with van der Waals surface area (Å²) in [6.45, 7) is 0.599. The van der Waals surface area contributed by atoms with Crippen LogP contribution in [0.4, 0.5) is 0 Å². The fourth-order valence-electron chi connectivity index (χ4n) is 2.32. The van der Waals surface area contributed by atoms with Crippen LogP contribution < -0.4 is 11.0 Å². The molecular weight excluding hydrogens is 316 g/mol. The number of thiazole rings is 1. The molecule has 0 radical (unpaired) electrons. The largest absolute Gasteiger partial charge is 0.350 e. The minimum Gasteiger partial charge on any atom is -0.349 e. The van der Waals surface area contributed by atoms with Gasteiger partial charge in [-0.1, -0.05) is 6.07 Å². The number of hydrogen-bond acceptors (Lipinski definition) is 5. The minimum absolute atomic E-state index is 0.225. The SMILES string of the molecule is O=C(NCCn1nc2ccccn2c1=O)c1cn2ccsc2n1. The zero-order valence-electron chi connectivity index (χ0n) is 11.9. The summed E-state index contributed by atoms with van der Waals surface area (Å²) >= 11 is 1.46. The number of amides is 1. The van der Waals surface area contributed by atoms with Crippen LogP contribution >= 0.6 is 11.3 Å². The first kappa shape index (κ1) is 13.7. The average Bonchev–Trinajstić information content (AvgIpc) is 3.22. The first-order valence-electron chi connectivity index (χ1n) is 6.97. The van der Waals surface area contributed by atoms with E-state index >= 15 is 0 Å². The summed E-state index contributed by atoms with van der Waals surface area (Å²) in [5.74, 6) is -0.266. The Bertz CT molecular complexity index is 1030. The molecule has 116 valence electrons. The topological polar surface area (TPSA) is 85.7 Å². The molecule has 0 unspecified atom stereocenters. The van der Waals surface area contributed by atoms with Crippen molar-refractivity contribution in [2.75, 3.05) is 6.54 Å². The van der Waals surface area contributed by atoms with Gasteiger partial charge in [-0.15, -0.1) is 16.4 Å². The molecule has 0 saturated carbocycles. The van der Waals surface area contributed by atoms with Gasteiger partial charge in [0.2, 0.25) is 0 Å². The Labute approximate surface area is 133 Å². The summed E-state index contributed by atoms with van der Waals surface area (Å²) in [4.78, 5) is 29.2. The third kappa shape index (κ3) is 2.40. The van der Waals surface area contributed by atoms with Gasteiger partial charge in [-0.3, -0.25) is 13.6 Å². The van der Waals surface area contributed by atoms with Crippen molar-refractivity contribution in [3.63, 3.8) is 0 Å². The maximum Gasteiger partial charge on any atom is 0.350 e. The van der Waals surface area contributed by atoms with Gasteiger partial charge in [0.15, 0.2) is 10.6 Å². The number of fused-ring (bicyclic) bond motifs is 2. The van der Waals surface area contributed by atoms with Crippen LogP contribution in [0.5, 0.6) is 0 Å². The summed E-state index contributed by atoms with van der Waals surface area (Å²) in [6.07, 6.45) is 5.19. The molecule has 0 aromatic carbocycles. The van der Waals surface area contributed by atoms with Gasteiger partial charge in [-0.25, -0.2) is 14.5 Å². The van der Waals surface area contributed by atoms with Gasteiger partial charge in [0.25, 0.3) is 5.91 Å². The standard InChI is InChI=1S/C14H12N6O2S/c21-12(10-9-18-7-8-23-13(18)16-10)15-4-6-20-14(22)19-5-2-1-3-11(19)17-20/h1-3,5,7-9H,4,6H2,(H,15,21). The predicted molar refractivity (Wildman–Crippen MR) is 84.9 cm³/mol. The van der Waals surface area contributed by atoms with E-state index in [1.54, 1.807) is 28.9 Å². The molecule has 4 aromatic rings. The van der Waals surface area contributed by atoms with E-state index in [4.69, 9.17) is 0 Å². The summed E-state index contributed by atoms with van der Waals surface area (Å²) in [6, 6.07) is 5.35. The Kier molecular flexibility index (Phi) is 3.19. The zero-order valence-corrected chi connectivity index (χ0v) is 12.7. The van der Waals surface area contributed by atoms with Crippen LogP contribution in [0, 0.1) is 0 Å². The molecule has 4 heterocycles. The number of aromatic nitrogens is 5. The molecule has 1 N–H and O–H groups in total. The number of imidazole rings is 1. The molecule has 0 bridgehead atoms. The van der Waals surface area contributed by atoms with Crippen LogP contribution in [0.2, 0.25) is 0 Å². The summed E-state index contributed by atoms with van der Waals surface area (Å²) in [5, 5.41) is 8.86. The molecule has 9 heteroatoms. The Balaban J connectivity index is 1.44. The molecule has 4 aromatic heterocycles. The van der Waals surface area contributed by atoms with E-state index in [0.717, 1.165) is 4.96 Å².